The van der Waals surface area contributed by atoms with E-state index in [4.69, 9.17) is 19.9 Å². The summed E-state index contributed by atoms with van der Waals surface area (Å²) >= 11 is 0. The smallest absolute Gasteiger partial charge is 0.203 e. The van der Waals surface area contributed by atoms with Gasteiger partial charge in [0.1, 0.15) is 13.2 Å². The summed E-state index contributed by atoms with van der Waals surface area (Å²) in [4.78, 5) is 0. The van der Waals surface area contributed by atoms with Gasteiger partial charge in [-0.1, -0.05) is 13.8 Å². The van der Waals surface area contributed by atoms with E-state index in [0.29, 0.717) is 31.3 Å². The van der Waals surface area contributed by atoms with Gasteiger partial charge in [0.2, 0.25) is 5.75 Å². The second kappa shape index (κ2) is 4.45. The molecule has 4 nitrogen and oxygen atoms in total. The Hall–Kier alpha value is -1.42. The lowest BCUT2D eigenvalue weighted by molar-refractivity contribution is 0.164. The highest BCUT2D eigenvalue weighted by Crippen LogP contribution is 2.42. The molecule has 0 spiro atoms. The molecule has 0 saturated carbocycles. The number of hydrogen-bond donors (Lipinski definition) is 1. The van der Waals surface area contributed by atoms with E-state index in [1.54, 1.807) is 7.11 Å². The fourth-order valence-corrected chi connectivity index (χ4v) is 1.78. The van der Waals surface area contributed by atoms with Crippen LogP contribution in [0.1, 0.15) is 19.4 Å². The van der Waals surface area contributed by atoms with E-state index in [0.717, 1.165) is 11.3 Å². The topological polar surface area (TPSA) is 53.7 Å². The molecule has 0 saturated heterocycles. The van der Waals surface area contributed by atoms with E-state index in [2.05, 4.69) is 13.8 Å². The molecule has 94 valence electrons. The molecule has 0 fully saturated rings. The van der Waals surface area contributed by atoms with Gasteiger partial charge >= 0.3 is 0 Å². The van der Waals surface area contributed by atoms with Crippen molar-refractivity contribution in [1.82, 2.24) is 0 Å². The number of fused-ring (bicyclic) bond motifs is 1. The highest BCUT2D eigenvalue weighted by Gasteiger charge is 2.25. The third-order valence-electron chi connectivity index (χ3n) is 3.12. The second-order valence-electron chi connectivity index (χ2n) is 4.79. The van der Waals surface area contributed by atoms with E-state index in [1.807, 2.05) is 12.1 Å². The van der Waals surface area contributed by atoms with Crippen molar-refractivity contribution in [1.29, 1.82) is 0 Å². The molecule has 0 bridgehead atoms. The van der Waals surface area contributed by atoms with Crippen molar-refractivity contribution in [3.05, 3.63) is 17.7 Å². The van der Waals surface area contributed by atoms with E-state index < -0.39 is 0 Å². The molecule has 1 heterocycles. The van der Waals surface area contributed by atoms with Crippen LogP contribution in [0.3, 0.4) is 0 Å². The molecule has 17 heavy (non-hydrogen) atoms. The normalized spacial score (nSPS) is 14.6. The average molecular weight is 237 g/mol. The van der Waals surface area contributed by atoms with Crippen molar-refractivity contribution in [3.8, 4) is 17.2 Å². The number of rotatable bonds is 3. The Labute approximate surface area is 102 Å². The molecule has 0 aliphatic carbocycles. The van der Waals surface area contributed by atoms with Gasteiger partial charge in [-0.3, -0.25) is 0 Å². The summed E-state index contributed by atoms with van der Waals surface area (Å²) in [5.74, 6) is 2.14. The maximum Gasteiger partial charge on any atom is 0.203 e. The van der Waals surface area contributed by atoms with Gasteiger partial charge in [-0.15, -0.1) is 0 Å². The third-order valence-corrected chi connectivity index (χ3v) is 3.12. The molecule has 0 unspecified atom stereocenters. The van der Waals surface area contributed by atoms with E-state index in [-0.39, 0.29) is 5.41 Å². The minimum Gasteiger partial charge on any atom is -0.493 e. The summed E-state index contributed by atoms with van der Waals surface area (Å²) in [6, 6.07) is 3.96. The van der Waals surface area contributed by atoms with Crippen LogP contribution < -0.4 is 19.9 Å². The molecular formula is C13H19NO3. The summed E-state index contributed by atoms with van der Waals surface area (Å²) in [7, 11) is 1.63. The maximum absolute atomic E-state index is 5.79. The summed E-state index contributed by atoms with van der Waals surface area (Å²) < 4.78 is 16.5. The lowest BCUT2D eigenvalue weighted by Gasteiger charge is -2.27. The van der Waals surface area contributed by atoms with Crippen LogP contribution in [0.5, 0.6) is 17.2 Å². The Kier molecular flexibility index (Phi) is 3.15. The molecule has 2 N–H and O–H groups in total. The van der Waals surface area contributed by atoms with Crippen LogP contribution in [0.25, 0.3) is 0 Å². The molecule has 4 heteroatoms. The zero-order chi connectivity index (χ0) is 12.5. The molecule has 0 amide bonds. The van der Waals surface area contributed by atoms with Crippen LogP contribution in [-0.2, 0) is 5.41 Å². The Bertz CT molecular complexity index is 398. The summed E-state index contributed by atoms with van der Waals surface area (Å²) in [5.41, 5.74) is 6.78. The van der Waals surface area contributed by atoms with Gasteiger partial charge in [0.15, 0.2) is 11.5 Å². The number of nitrogens with two attached hydrogens (primary N) is 1. The summed E-state index contributed by atoms with van der Waals surface area (Å²) in [6.07, 6.45) is 0. The van der Waals surface area contributed by atoms with Gasteiger partial charge in [0.25, 0.3) is 0 Å². The first kappa shape index (κ1) is 12.0. The first-order chi connectivity index (χ1) is 8.08. The predicted molar refractivity (Wildman–Crippen MR) is 66.1 cm³/mol. The van der Waals surface area contributed by atoms with Crippen LogP contribution in [0.2, 0.25) is 0 Å². The van der Waals surface area contributed by atoms with Crippen molar-refractivity contribution in [2.45, 2.75) is 19.3 Å². The second-order valence-corrected chi connectivity index (χ2v) is 4.79. The largest absolute Gasteiger partial charge is 0.493 e. The van der Waals surface area contributed by atoms with Gasteiger partial charge in [0.05, 0.1) is 7.11 Å². The fourth-order valence-electron chi connectivity index (χ4n) is 1.78. The molecular weight excluding hydrogens is 218 g/mol. The zero-order valence-electron chi connectivity index (χ0n) is 10.6. The van der Waals surface area contributed by atoms with Crippen LogP contribution in [-0.4, -0.2) is 26.9 Å². The van der Waals surface area contributed by atoms with Crippen molar-refractivity contribution >= 4 is 0 Å². The Morgan fingerprint density at radius 3 is 2.65 bits per heavy atom. The van der Waals surface area contributed by atoms with Crippen LogP contribution in [0, 0.1) is 0 Å². The predicted octanol–water partition coefficient (Wildman–Crippen LogP) is 1.70. The summed E-state index contributed by atoms with van der Waals surface area (Å²) in [5, 5.41) is 0. The molecule has 1 aromatic carbocycles. The highest BCUT2D eigenvalue weighted by molar-refractivity contribution is 5.55. The van der Waals surface area contributed by atoms with Crippen molar-refractivity contribution in [2.24, 2.45) is 5.73 Å². The van der Waals surface area contributed by atoms with Crippen LogP contribution >= 0.6 is 0 Å². The van der Waals surface area contributed by atoms with Crippen LogP contribution in [0.15, 0.2) is 12.1 Å². The average Bonchev–Trinajstić information content (AvgIpc) is 2.37. The monoisotopic (exact) mass is 237 g/mol. The van der Waals surface area contributed by atoms with Gasteiger partial charge in [-0.25, -0.2) is 0 Å². The maximum atomic E-state index is 5.79. The van der Waals surface area contributed by atoms with Crippen molar-refractivity contribution in [2.75, 3.05) is 26.9 Å². The molecule has 0 aromatic heterocycles. The molecule has 1 aliphatic heterocycles. The Morgan fingerprint density at radius 1 is 1.29 bits per heavy atom. The Balaban J connectivity index is 2.50. The standard InChI is InChI=1S/C13H19NO3/c1-13(2,8-14)9-6-10(15-3)12-11(7-9)16-4-5-17-12/h6-7H,4-5,8,14H2,1-3H3. The minimum atomic E-state index is -0.108. The van der Waals surface area contributed by atoms with E-state index in [1.165, 1.54) is 0 Å². The number of hydrogen-bond acceptors (Lipinski definition) is 4. The highest BCUT2D eigenvalue weighted by atomic mass is 16.6. The number of benzene rings is 1. The Morgan fingerprint density at radius 2 is 2.00 bits per heavy atom. The zero-order valence-corrected chi connectivity index (χ0v) is 10.6. The fraction of sp³-hybridized carbons (Fsp3) is 0.538. The third kappa shape index (κ3) is 2.17. The van der Waals surface area contributed by atoms with Crippen molar-refractivity contribution < 1.29 is 14.2 Å². The van der Waals surface area contributed by atoms with Gasteiger partial charge in [0, 0.05) is 12.0 Å². The van der Waals surface area contributed by atoms with Gasteiger partial charge in [-0.05, 0) is 17.7 Å². The summed E-state index contributed by atoms with van der Waals surface area (Å²) in [6.45, 7) is 5.89. The van der Waals surface area contributed by atoms with E-state index >= 15 is 0 Å². The number of ether oxygens (including phenoxy) is 3. The molecule has 2 rings (SSSR count). The van der Waals surface area contributed by atoms with Crippen molar-refractivity contribution in [3.63, 3.8) is 0 Å². The quantitative estimate of drug-likeness (QED) is 0.869. The lowest BCUT2D eigenvalue weighted by Crippen LogP contribution is -2.28. The SMILES string of the molecule is COc1cc(C(C)(C)CN)cc2c1OCCO2. The first-order valence-corrected chi connectivity index (χ1v) is 5.76. The minimum absolute atomic E-state index is 0.108. The van der Waals surface area contributed by atoms with Gasteiger partial charge < -0.3 is 19.9 Å². The number of methoxy groups -OCH3 is 1. The van der Waals surface area contributed by atoms with Gasteiger partial charge in [-0.2, -0.15) is 0 Å². The van der Waals surface area contributed by atoms with E-state index in [9.17, 15) is 0 Å². The van der Waals surface area contributed by atoms with Crippen LogP contribution in [0.4, 0.5) is 0 Å². The molecule has 0 radical (unpaired) electrons. The molecule has 0 atom stereocenters. The lowest BCUT2D eigenvalue weighted by atomic mass is 9.84. The molecule has 1 aliphatic rings. The first-order valence-electron chi connectivity index (χ1n) is 5.76. The molecule has 1 aromatic rings.